The molecule has 0 saturated carbocycles. The van der Waals surface area contributed by atoms with Crippen LogP contribution in [0.15, 0.2) is 53.1 Å². The van der Waals surface area contributed by atoms with Crippen LogP contribution in [0.1, 0.15) is 30.6 Å². The number of hydrogen-bond acceptors (Lipinski definition) is 5. The minimum absolute atomic E-state index is 0.219. The summed E-state index contributed by atoms with van der Waals surface area (Å²) in [6.07, 6.45) is 4.30. The van der Waals surface area contributed by atoms with E-state index in [9.17, 15) is 4.79 Å². The van der Waals surface area contributed by atoms with E-state index in [1.165, 1.54) is 0 Å². The van der Waals surface area contributed by atoms with E-state index in [4.69, 9.17) is 13.9 Å². The molecule has 1 fully saturated rings. The molecule has 1 aromatic carbocycles. The van der Waals surface area contributed by atoms with Gasteiger partial charge in [0.15, 0.2) is 0 Å². The van der Waals surface area contributed by atoms with Gasteiger partial charge in [-0.3, -0.25) is 0 Å². The zero-order chi connectivity index (χ0) is 18.7. The number of hydrogen-bond donors (Lipinski definition) is 1. The summed E-state index contributed by atoms with van der Waals surface area (Å²) < 4.78 is 16.2. The first-order chi connectivity index (χ1) is 13.3. The lowest BCUT2D eigenvalue weighted by atomic mass is 10.1. The van der Waals surface area contributed by atoms with Crippen molar-refractivity contribution in [1.82, 2.24) is 10.2 Å². The van der Waals surface area contributed by atoms with Crippen LogP contribution in [0.5, 0.6) is 0 Å². The molecule has 27 heavy (non-hydrogen) atoms. The number of piperidine rings is 1. The lowest BCUT2D eigenvalue weighted by Crippen LogP contribution is -2.45. The highest BCUT2D eigenvalue weighted by Crippen LogP contribution is 2.12. The van der Waals surface area contributed by atoms with Gasteiger partial charge in [-0.25, -0.2) is 4.79 Å². The van der Waals surface area contributed by atoms with Crippen molar-refractivity contribution in [2.45, 2.75) is 38.5 Å². The number of rotatable bonds is 9. The summed E-state index contributed by atoms with van der Waals surface area (Å²) in [5.74, 6) is 0.856. The van der Waals surface area contributed by atoms with Crippen LogP contribution >= 0.6 is 0 Å². The van der Waals surface area contributed by atoms with Crippen molar-refractivity contribution in [2.75, 3.05) is 26.2 Å². The van der Waals surface area contributed by atoms with Crippen LogP contribution in [0.4, 0.5) is 4.79 Å². The highest BCUT2D eigenvalue weighted by Gasteiger charge is 2.23. The minimum Gasteiger partial charge on any atom is -0.467 e. The predicted molar refractivity (Wildman–Crippen MR) is 102 cm³/mol. The van der Waals surface area contributed by atoms with Gasteiger partial charge in [-0.05, 0) is 43.5 Å². The molecular formula is C21H28N2O4. The molecule has 0 spiro atoms. The quantitative estimate of drug-likeness (QED) is 0.682. The highest BCUT2D eigenvalue weighted by molar-refractivity contribution is 5.67. The Morgan fingerprint density at radius 3 is 2.67 bits per heavy atom. The number of furan rings is 1. The molecule has 1 saturated heterocycles. The fourth-order valence-corrected chi connectivity index (χ4v) is 3.12. The summed E-state index contributed by atoms with van der Waals surface area (Å²) in [6.45, 7) is 3.95. The number of benzene rings is 1. The zero-order valence-electron chi connectivity index (χ0n) is 15.6. The van der Waals surface area contributed by atoms with Crippen molar-refractivity contribution in [3.8, 4) is 0 Å². The minimum atomic E-state index is -0.219. The second-order valence-electron chi connectivity index (χ2n) is 6.74. The van der Waals surface area contributed by atoms with Gasteiger partial charge in [-0.15, -0.1) is 0 Å². The number of nitrogens with one attached hydrogen (secondary N) is 1. The van der Waals surface area contributed by atoms with E-state index in [0.29, 0.717) is 25.9 Å². The summed E-state index contributed by atoms with van der Waals surface area (Å²) in [5, 5.41) is 3.55. The van der Waals surface area contributed by atoms with Crippen molar-refractivity contribution in [2.24, 2.45) is 0 Å². The summed E-state index contributed by atoms with van der Waals surface area (Å²) in [4.78, 5) is 14.0. The van der Waals surface area contributed by atoms with Crippen molar-refractivity contribution in [1.29, 1.82) is 0 Å². The number of nitrogens with zero attached hydrogens (tertiary/aromatic N) is 1. The van der Waals surface area contributed by atoms with Gasteiger partial charge in [0.2, 0.25) is 0 Å². The second-order valence-corrected chi connectivity index (χ2v) is 6.74. The molecule has 2 aromatic rings. The van der Waals surface area contributed by atoms with Gasteiger partial charge in [-0.2, -0.15) is 0 Å². The second kappa shape index (κ2) is 10.7. The van der Waals surface area contributed by atoms with Crippen LogP contribution < -0.4 is 5.32 Å². The Morgan fingerprint density at radius 1 is 1.11 bits per heavy atom. The summed E-state index contributed by atoms with van der Waals surface area (Å²) in [6, 6.07) is 14.0. The monoisotopic (exact) mass is 372 g/mol. The van der Waals surface area contributed by atoms with Crippen molar-refractivity contribution < 1.29 is 18.7 Å². The average Bonchev–Trinajstić information content (AvgIpc) is 3.23. The van der Waals surface area contributed by atoms with E-state index in [1.807, 2.05) is 42.5 Å². The lowest BCUT2D eigenvalue weighted by molar-refractivity contribution is 0.0842. The number of likely N-dealkylation sites (tertiary alicyclic amines) is 1. The SMILES string of the molecule is O=C(OCc1ccccc1)N1CCC(NCCCOCc2ccco2)CC1. The Kier molecular flexibility index (Phi) is 7.74. The van der Waals surface area contributed by atoms with Crippen molar-refractivity contribution in [3.05, 3.63) is 60.1 Å². The van der Waals surface area contributed by atoms with Gasteiger partial charge in [0.25, 0.3) is 0 Å². The summed E-state index contributed by atoms with van der Waals surface area (Å²) >= 11 is 0. The van der Waals surface area contributed by atoms with E-state index < -0.39 is 0 Å². The van der Waals surface area contributed by atoms with E-state index in [1.54, 1.807) is 11.2 Å². The summed E-state index contributed by atoms with van der Waals surface area (Å²) in [7, 11) is 0. The van der Waals surface area contributed by atoms with Gasteiger partial charge in [0.1, 0.15) is 19.0 Å². The van der Waals surface area contributed by atoms with Gasteiger partial charge in [-0.1, -0.05) is 30.3 Å². The van der Waals surface area contributed by atoms with Gasteiger partial charge >= 0.3 is 6.09 Å². The van der Waals surface area contributed by atoms with Gasteiger partial charge in [0.05, 0.1) is 6.26 Å². The molecule has 2 heterocycles. The normalized spacial score (nSPS) is 15.0. The number of amides is 1. The molecule has 0 bridgehead atoms. The fraction of sp³-hybridized carbons (Fsp3) is 0.476. The molecule has 0 atom stereocenters. The molecule has 6 heteroatoms. The number of carbonyl (C=O) groups is 1. The molecule has 1 aliphatic rings. The molecule has 1 aromatic heterocycles. The van der Waals surface area contributed by atoms with Crippen LogP contribution in [0.3, 0.4) is 0 Å². The Hall–Kier alpha value is -2.31. The third-order valence-electron chi connectivity index (χ3n) is 4.68. The zero-order valence-corrected chi connectivity index (χ0v) is 15.6. The molecule has 1 aliphatic heterocycles. The Morgan fingerprint density at radius 2 is 1.93 bits per heavy atom. The fourth-order valence-electron chi connectivity index (χ4n) is 3.12. The van der Waals surface area contributed by atoms with Gasteiger partial charge in [0, 0.05) is 25.7 Å². The van der Waals surface area contributed by atoms with E-state index in [-0.39, 0.29) is 6.09 Å². The third-order valence-corrected chi connectivity index (χ3v) is 4.68. The Labute approximate surface area is 160 Å². The van der Waals surface area contributed by atoms with Crippen molar-refractivity contribution >= 4 is 6.09 Å². The average molecular weight is 372 g/mol. The standard InChI is InChI=1S/C21H28N2O4/c24-21(27-16-18-6-2-1-3-7-18)23-12-9-19(10-13-23)22-11-5-14-25-17-20-8-4-15-26-20/h1-4,6-8,15,19,22H,5,9-14,16-17H2. The maximum absolute atomic E-state index is 12.2. The maximum atomic E-state index is 12.2. The molecule has 1 amide bonds. The smallest absolute Gasteiger partial charge is 0.410 e. The number of ether oxygens (including phenoxy) is 2. The van der Waals surface area contributed by atoms with E-state index in [0.717, 1.165) is 50.2 Å². The largest absolute Gasteiger partial charge is 0.467 e. The first-order valence-corrected chi connectivity index (χ1v) is 9.60. The lowest BCUT2D eigenvalue weighted by Gasteiger charge is -2.31. The first kappa shape index (κ1) is 19.5. The Balaban J connectivity index is 1.22. The summed E-state index contributed by atoms with van der Waals surface area (Å²) in [5.41, 5.74) is 1.01. The molecule has 0 unspecified atom stereocenters. The van der Waals surface area contributed by atoms with Crippen LogP contribution in [0.2, 0.25) is 0 Å². The third kappa shape index (κ3) is 6.73. The van der Waals surface area contributed by atoms with Crippen LogP contribution in [0, 0.1) is 0 Å². The van der Waals surface area contributed by atoms with E-state index in [2.05, 4.69) is 5.32 Å². The molecule has 146 valence electrons. The maximum Gasteiger partial charge on any atom is 0.410 e. The van der Waals surface area contributed by atoms with Crippen LogP contribution in [-0.2, 0) is 22.7 Å². The van der Waals surface area contributed by atoms with Gasteiger partial charge < -0.3 is 24.1 Å². The van der Waals surface area contributed by atoms with Crippen LogP contribution in [-0.4, -0.2) is 43.3 Å². The topological polar surface area (TPSA) is 63.9 Å². The first-order valence-electron chi connectivity index (χ1n) is 9.60. The Bertz CT molecular complexity index is 652. The highest BCUT2D eigenvalue weighted by atomic mass is 16.6. The molecule has 1 N–H and O–H groups in total. The molecule has 0 aliphatic carbocycles. The molecular weight excluding hydrogens is 344 g/mol. The predicted octanol–water partition coefficient (Wildman–Crippen LogP) is 3.58. The molecule has 0 radical (unpaired) electrons. The number of carbonyl (C=O) groups excluding carboxylic acids is 1. The molecule has 3 rings (SSSR count). The van der Waals surface area contributed by atoms with Crippen molar-refractivity contribution in [3.63, 3.8) is 0 Å². The molecule has 6 nitrogen and oxygen atoms in total. The van der Waals surface area contributed by atoms with Crippen LogP contribution in [0.25, 0.3) is 0 Å². The van der Waals surface area contributed by atoms with E-state index >= 15 is 0 Å².